The van der Waals surface area contributed by atoms with Crippen LogP contribution in [0, 0.1) is 5.92 Å². The Bertz CT molecular complexity index is 654. The molecule has 1 aliphatic heterocycles. The minimum absolute atomic E-state index is 0.281. The Labute approximate surface area is 143 Å². The highest BCUT2D eigenvalue weighted by Crippen LogP contribution is 2.38. The number of anilines is 1. The van der Waals surface area contributed by atoms with Gasteiger partial charge in [0, 0.05) is 18.7 Å². The van der Waals surface area contributed by atoms with Gasteiger partial charge in [0.2, 0.25) is 0 Å². The van der Waals surface area contributed by atoms with Gasteiger partial charge in [-0.25, -0.2) is 0 Å². The van der Waals surface area contributed by atoms with E-state index in [2.05, 4.69) is 22.0 Å². The number of hydrogen-bond donors (Lipinski definition) is 0. The molecule has 24 heavy (non-hydrogen) atoms. The van der Waals surface area contributed by atoms with Crippen LogP contribution in [0.3, 0.4) is 0 Å². The summed E-state index contributed by atoms with van der Waals surface area (Å²) < 4.78 is 11.8. The van der Waals surface area contributed by atoms with Crippen molar-refractivity contribution in [2.45, 2.75) is 51.2 Å². The molecule has 2 atom stereocenters. The summed E-state index contributed by atoms with van der Waals surface area (Å²) in [6.45, 7) is 3.96. The molecule has 1 saturated carbocycles. The third kappa shape index (κ3) is 3.46. The van der Waals surface area contributed by atoms with Gasteiger partial charge >= 0.3 is 0 Å². The molecule has 0 amide bonds. The monoisotopic (exact) mass is 327 g/mol. The summed E-state index contributed by atoms with van der Waals surface area (Å²) in [7, 11) is 0. The van der Waals surface area contributed by atoms with Crippen molar-refractivity contribution in [3.8, 4) is 11.5 Å². The summed E-state index contributed by atoms with van der Waals surface area (Å²) in [6, 6.07) is 9.94. The predicted octanol–water partition coefficient (Wildman–Crippen LogP) is 3.91. The zero-order valence-electron chi connectivity index (χ0n) is 14.2. The molecule has 5 nitrogen and oxygen atoms in total. The van der Waals surface area contributed by atoms with Gasteiger partial charge in [0.1, 0.15) is 0 Å². The average molecular weight is 327 g/mol. The average Bonchev–Trinajstić information content (AvgIpc) is 3.37. The molecule has 0 spiro atoms. The first-order valence-corrected chi connectivity index (χ1v) is 9.13. The van der Waals surface area contributed by atoms with E-state index in [1.807, 2.05) is 30.3 Å². The smallest absolute Gasteiger partial charge is 0.266 e. The molecular formula is C19H25N3O2. The van der Waals surface area contributed by atoms with Crippen LogP contribution in [0.25, 0.3) is 11.5 Å². The van der Waals surface area contributed by atoms with Gasteiger partial charge in [-0.1, -0.05) is 38.0 Å². The minimum atomic E-state index is 0.281. The first-order chi connectivity index (χ1) is 11.8. The predicted molar refractivity (Wildman–Crippen MR) is 92.9 cm³/mol. The molecule has 2 fully saturated rings. The molecule has 0 unspecified atom stereocenters. The van der Waals surface area contributed by atoms with Gasteiger partial charge < -0.3 is 14.2 Å². The molecule has 2 aromatic rings. The quantitative estimate of drug-likeness (QED) is 0.805. The van der Waals surface area contributed by atoms with Crippen LogP contribution in [-0.2, 0) is 4.74 Å². The molecule has 1 aromatic heterocycles. The van der Waals surface area contributed by atoms with Crippen molar-refractivity contribution < 1.29 is 9.26 Å². The van der Waals surface area contributed by atoms with Gasteiger partial charge in [-0.15, -0.1) is 0 Å². The van der Waals surface area contributed by atoms with Crippen LogP contribution in [-0.4, -0.2) is 35.4 Å². The maximum atomic E-state index is 6.33. The molecular weight excluding hydrogens is 302 g/mol. The molecule has 128 valence electrons. The van der Waals surface area contributed by atoms with Crippen molar-refractivity contribution >= 4 is 5.95 Å². The van der Waals surface area contributed by atoms with Gasteiger partial charge in [0.15, 0.2) is 0 Å². The lowest BCUT2D eigenvalue weighted by atomic mass is 10.1. The summed E-state index contributed by atoms with van der Waals surface area (Å²) in [4.78, 5) is 6.88. The topological polar surface area (TPSA) is 51.4 Å². The van der Waals surface area contributed by atoms with E-state index in [1.165, 1.54) is 25.7 Å². The summed E-state index contributed by atoms with van der Waals surface area (Å²) in [5, 5.41) is 4.23. The molecule has 0 N–H and O–H groups in total. The SMILES string of the molecule is CCCC[C@@H]1CN(c2noc(-c3ccccc3)n2)C[C@H](C2CC2)O1. The van der Waals surface area contributed by atoms with E-state index in [-0.39, 0.29) is 6.10 Å². The van der Waals surface area contributed by atoms with Gasteiger partial charge in [-0.3, -0.25) is 0 Å². The fourth-order valence-corrected chi connectivity index (χ4v) is 3.40. The Balaban J connectivity index is 1.50. The third-order valence-corrected chi connectivity index (χ3v) is 4.94. The summed E-state index contributed by atoms with van der Waals surface area (Å²) in [6.07, 6.45) is 6.70. The first kappa shape index (κ1) is 15.6. The maximum Gasteiger partial charge on any atom is 0.266 e. The normalized spacial score (nSPS) is 24.3. The van der Waals surface area contributed by atoms with E-state index >= 15 is 0 Å². The van der Waals surface area contributed by atoms with Crippen LogP contribution in [0.2, 0.25) is 0 Å². The summed E-state index contributed by atoms with van der Waals surface area (Å²) >= 11 is 0. The number of nitrogens with zero attached hydrogens (tertiary/aromatic N) is 3. The Morgan fingerprint density at radius 1 is 1.17 bits per heavy atom. The zero-order chi connectivity index (χ0) is 16.4. The van der Waals surface area contributed by atoms with E-state index in [1.54, 1.807) is 0 Å². The van der Waals surface area contributed by atoms with Gasteiger partial charge in [0.25, 0.3) is 11.8 Å². The first-order valence-electron chi connectivity index (χ1n) is 9.13. The lowest BCUT2D eigenvalue weighted by Crippen LogP contribution is -2.49. The Morgan fingerprint density at radius 3 is 2.75 bits per heavy atom. The van der Waals surface area contributed by atoms with E-state index in [0.29, 0.717) is 17.9 Å². The van der Waals surface area contributed by atoms with Crippen LogP contribution < -0.4 is 4.90 Å². The van der Waals surface area contributed by atoms with Crippen LogP contribution in [0.1, 0.15) is 39.0 Å². The highest BCUT2D eigenvalue weighted by atomic mass is 16.5. The van der Waals surface area contributed by atoms with Crippen molar-refractivity contribution in [1.82, 2.24) is 10.1 Å². The number of rotatable bonds is 6. The van der Waals surface area contributed by atoms with Crippen molar-refractivity contribution in [3.63, 3.8) is 0 Å². The molecule has 2 aliphatic rings. The highest BCUT2D eigenvalue weighted by molar-refractivity contribution is 5.54. The van der Waals surface area contributed by atoms with Crippen molar-refractivity contribution in [2.75, 3.05) is 18.0 Å². The maximum absolute atomic E-state index is 6.33. The minimum Gasteiger partial charge on any atom is -0.371 e. The lowest BCUT2D eigenvalue weighted by molar-refractivity contribution is -0.0414. The largest absolute Gasteiger partial charge is 0.371 e. The zero-order valence-corrected chi connectivity index (χ0v) is 14.2. The van der Waals surface area contributed by atoms with Crippen molar-refractivity contribution in [1.29, 1.82) is 0 Å². The number of ether oxygens (including phenoxy) is 1. The summed E-state index contributed by atoms with van der Waals surface area (Å²) in [5.41, 5.74) is 0.964. The van der Waals surface area contributed by atoms with E-state index in [9.17, 15) is 0 Å². The van der Waals surface area contributed by atoms with Crippen LogP contribution >= 0.6 is 0 Å². The highest BCUT2D eigenvalue weighted by Gasteiger charge is 2.39. The van der Waals surface area contributed by atoms with E-state index in [4.69, 9.17) is 9.26 Å². The molecule has 2 heterocycles. The van der Waals surface area contributed by atoms with Gasteiger partial charge in [-0.2, -0.15) is 4.98 Å². The molecule has 0 radical (unpaired) electrons. The molecule has 5 heteroatoms. The van der Waals surface area contributed by atoms with Crippen molar-refractivity contribution in [2.24, 2.45) is 5.92 Å². The Kier molecular flexibility index (Phi) is 4.52. The van der Waals surface area contributed by atoms with Crippen LogP contribution in [0.5, 0.6) is 0 Å². The van der Waals surface area contributed by atoms with E-state index < -0.39 is 0 Å². The van der Waals surface area contributed by atoms with Gasteiger partial charge in [0.05, 0.1) is 12.2 Å². The fourth-order valence-electron chi connectivity index (χ4n) is 3.40. The summed E-state index contributed by atoms with van der Waals surface area (Å²) in [5.74, 6) is 2.01. The fraction of sp³-hybridized carbons (Fsp3) is 0.579. The van der Waals surface area contributed by atoms with Crippen molar-refractivity contribution in [3.05, 3.63) is 30.3 Å². The second kappa shape index (κ2) is 6.93. The van der Waals surface area contributed by atoms with E-state index in [0.717, 1.165) is 31.0 Å². The molecule has 4 rings (SSSR count). The number of morpholine rings is 1. The molecule has 1 aromatic carbocycles. The van der Waals surface area contributed by atoms with Crippen LogP contribution in [0.15, 0.2) is 34.9 Å². The van der Waals surface area contributed by atoms with Gasteiger partial charge in [-0.05, 0) is 42.5 Å². The number of aromatic nitrogens is 2. The number of hydrogen-bond acceptors (Lipinski definition) is 5. The lowest BCUT2D eigenvalue weighted by Gasteiger charge is -2.37. The number of unbranched alkanes of at least 4 members (excludes halogenated alkanes) is 1. The Morgan fingerprint density at radius 2 is 2.00 bits per heavy atom. The molecule has 0 bridgehead atoms. The standard InChI is InChI=1S/C19H25N3O2/c1-2-3-9-16-12-22(13-17(23-16)14-10-11-14)19-20-18(24-21-19)15-7-5-4-6-8-15/h4-8,14,16-17H,2-3,9-13H2,1H3/t16-,17-/m1/s1. The number of benzene rings is 1. The van der Waals surface area contributed by atoms with Crippen LogP contribution in [0.4, 0.5) is 5.95 Å². The second-order valence-electron chi connectivity index (χ2n) is 6.95. The second-order valence-corrected chi connectivity index (χ2v) is 6.95. The third-order valence-electron chi connectivity index (χ3n) is 4.94. The Hall–Kier alpha value is -1.88. The molecule has 1 saturated heterocycles. The molecule has 1 aliphatic carbocycles.